The molecule has 0 radical (unpaired) electrons. The van der Waals surface area contributed by atoms with Gasteiger partial charge >= 0.3 is 0 Å². The molecule has 3 aliphatic rings. The Morgan fingerprint density at radius 3 is 2.38 bits per heavy atom. The van der Waals surface area contributed by atoms with E-state index in [9.17, 15) is 9.59 Å². The molecule has 0 bridgehead atoms. The minimum absolute atomic E-state index is 0.00942. The molecule has 3 heterocycles. The third kappa shape index (κ3) is 4.98. The van der Waals surface area contributed by atoms with Crippen molar-refractivity contribution < 1.29 is 19.1 Å². The van der Waals surface area contributed by atoms with Crippen LogP contribution in [0.15, 0.2) is 30.3 Å². The lowest BCUT2D eigenvalue weighted by Gasteiger charge is -2.41. The van der Waals surface area contributed by atoms with E-state index in [-0.39, 0.29) is 30.1 Å². The number of amides is 2. The number of likely N-dealkylation sites (tertiary alicyclic amines) is 2. The van der Waals surface area contributed by atoms with Crippen LogP contribution in [-0.2, 0) is 25.5 Å². The van der Waals surface area contributed by atoms with Gasteiger partial charge in [-0.3, -0.25) is 9.59 Å². The highest BCUT2D eigenvalue weighted by molar-refractivity contribution is 5.80. The van der Waals surface area contributed by atoms with E-state index >= 15 is 0 Å². The number of benzene rings is 1. The van der Waals surface area contributed by atoms with Crippen LogP contribution in [0, 0.1) is 5.92 Å². The molecule has 29 heavy (non-hydrogen) atoms. The lowest BCUT2D eigenvalue weighted by atomic mass is 9.92. The van der Waals surface area contributed by atoms with Gasteiger partial charge in [-0.1, -0.05) is 30.3 Å². The first-order valence-electron chi connectivity index (χ1n) is 11.1. The Balaban J connectivity index is 1.27. The van der Waals surface area contributed by atoms with Gasteiger partial charge in [-0.2, -0.15) is 0 Å². The van der Waals surface area contributed by atoms with Crippen molar-refractivity contribution in [3.63, 3.8) is 0 Å². The van der Waals surface area contributed by atoms with Crippen LogP contribution in [0.4, 0.5) is 0 Å². The van der Waals surface area contributed by atoms with Gasteiger partial charge in [-0.25, -0.2) is 0 Å². The van der Waals surface area contributed by atoms with Crippen molar-refractivity contribution in [2.24, 2.45) is 5.92 Å². The normalized spacial score (nSPS) is 24.1. The van der Waals surface area contributed by atoms with Crippen molar-refractivity contribution >= 4 is 11.8 Å². The minimum atomic E-state index is -0.265. The molecule has 3 aliphatic heterocycles. The van der Waals surface area contributed by atoms with Crippen LogP contribution in [-0.4, -0.2) is 66.8 Å². The molecule has 4 rings (SSSR count). The van der Waals surface area contributed by atoms with E-state index in [4.69, 9.17) is 9.47 Å². The molecule has 1 aromatic carbocycles. The van der Waals surface area contributed by atoms with Crippen LogP contribution in [0.2, 0.25) is 0 Å². The maximum atomic E-state index is 13.2. The number of carbonyl (C=O) groups is 2. The average molecular weight is 401 g/mol. The molecular formula is C23H32N2O4. The van der Waals surface area contributed by atoms with Gasteiger partial charge in [-0.15, -0.1) is 0 Å². The molecular weight excluding hydrogens is 368 g/mol. The monoisotopic (exact) mass is 400 g/mol. The SMILES string of the molecule is O=C(CCc1ccccc1)N1CCC(C(=O)N2CCCCC2C2OCCO2)CC1. The van der Waals surface area contributed by atoms with Gasteiger partial charge in [0.25, 0.3) is 0 Å². The number of ether oxygens (including phenoxy) is 2. The molecule has 6 heteroatoms. The van der Waals surface area contributed by atoms with E-state index in [2.05, 4.69) is 12.1 Å². The molecule has 1 aromatic rings. The number of hydrogen-bond donors (Lipinski definition) is 0. The van der Waals surface area contributed by atoms with Crippen LogP contribution in [0.5, 0.6) is 0 Å². The number of nitrogens with zero attached hydrogens (tertiary/aromatic N) is 2. The summed E-state index contributed by atoms with van der Waals surface area (Å²) in [6, 6.07) is 10.2. The maximum Gasteiger partial charge on any atom is 0.226 e. The lowest BCUT2D eigenvalue weighted by Crippen LogP contribution is -2.53. The van der Waals surface area contributed by atoms with E-state index in [0.29, 0.717) is 32.7 Å². The molecule has 3 fully saturated rings. The molecule has 0 spiro atoms. The Kier molecular flexibility index (Phi) is 6.82. The Bertz CT molecular complexity index is 681. The Morgan fingerprint density at radius 1 is 0.931 bits per heavy atom. The van der Waals surface area contributed by atoms with Gasteiger partial charge < -0.3 is 19.3 Å². The number of hydrogen-bond acceptors (Lipinski definition) is 4. The smallest absolute Gasteiger partial charge is 0.226 e. The van der Waals surface area contributed by atoms with Gasteiger partial charge in [0.2, 0.25) is 11.8 Å². The number of piperidine rings is 2. The molecule has 1 atom stereocenters. The largest absolute Gasteiger partial charge is 0.348 e. The molecule has 158 valence electrons. The summed E-state index contributed by atoms with van der Waals surface area (Å²) in [6.45, 7) is 3.39. The molecule has 0 saturated carbocycles. The molecule has 0 aliphatic carbocycles. The van der Waals surface area contributed by atoms with Crippen molar-refractivity contribution in [1.82, 2.24) is 9.80 Å². The van der Waals surface area contributed by atoms with Gasteiger partial charge in [0.1, 0.15) is 0 Å². The summed E-state index contributed by atoms with van der Waals surface area (Å²) < 4.78 is 11.4. The van der Waals surface area contributed by atoms with E-state index < -0.39 is 0 Å². The summed E-state index contributed by atoms with van der Waals surface area (Å²) in [5.41, 5.74) is 1.19. The summed E-state index contributed by atoms with van der Waals surface area (Å²) >= 11 is 0. The second-order valence-corrected chi connectivity index (χ2v) is 8.35. The Labute approximate surface area is 173 Å². The Hall–Kier alpha value is -1.92. The zero-order valence-electron chi connectivity index (χ0n) is 17.1. The third-order valence-electron chi connectivity index (χ3n) is 6.46. The number of carbonyl (C=O) groups excluding carboxylic acids is 2. The van der Waals surface area contributed by atoms with E-state index in [1.807, 2.05) is 28.0 Å². The van der Waals surface area contributed by atoms with Crippen LogP contribution in [0.3, 0.4) is 0 Å². The van der Waals surface area contributed by atoms with Crippen molar-refractivity contribution in [3.05, 3.63) is 35.9 Å². The standard InChI is InChI=1S/C23H32N2O4/c26-21(10-9-18-6-2-1-3-7-18)24-14-11-19(12-15-24)22(27)25-13-5-4-8-20(25)23-28-16-17-29-23/h1-3,6-7,19-20,23H,4-5,8-17H2. The number of aryl methyl sites for hydroxylation is 1. The summed E-state index contributed by atoms with van der Waals surface area (Å²) in [5, 5.41) is 0. The van der Waals surface area contributed by atoms with Crippen molar-refractivity contribution in [2.45, 2.75) is 57.3 Å². The molecule has 1 unspecified atom stereocenters. The van der Waals surface area contributed by atoms with Crippen LogP contribution >= 0.6 is 0 Å². The lowest BCUT2D eigenvalue weighted by molar-refractivity contribution is -0.156. The Morgan fingerprint density at radius 2 is 1.66 bits per heavy atom. The van der Waals surface area contributed by atoms with Crippen molar-refractivity contribution in [1.29, 1.82) is 0 Å². The average Bonchev–Trinajstić information content (AvgIpc) is 3.33. The predicted molar refractivity (Wildman–Crippen MR) is 109 cm³/mol. The zero-order valence-corrected chi connectivity index (χ0v) is 17.1. The van der Waals surface area contributed by atoms with Gasteiger partial charge in [-0.05, 0) is 44.1 Å². The molecule has 0 N–H and O–H groups in total. The van der Waals surface area contributed by atoms with Crippen molar-refractivity contribution in [2.75, 3.05) is 32.8 Å². The summed E-state index contributed by atoms with van der Waals surface area (Å²) in [7, 11) is 0. The first-order chi connectivity index (χ1) is 14.2. The zero-order chi connectivity index (χ0) is 20.1. The van der Waals surface area contributed by atoms with Gasteiger partial charge in [0.05, 0.1) is 19.3 Å². The fraction of sp³-hybridized carbons (Fsp3) is 0.652. The molecule has 3 saturated heterocycles. The summed E-state index contributed by atoms with van der Waals surface area (Å²) in [4.78, 5) is 29.7. The van der Waals surface area contributed by atoms with Gasteiger partial charge in [0, 0.05) is 32.0 Å². The molecule has 6 nitrogen and oxygen atoms in total. The molecule has 0 aromatic heterocycles. The second-order valence-electron chi connectivity index (χ2n) is 8.35. The van der Waals surface area contributed by atoms with E-state index in [1.165, 1.54) is 5.56 Å². The second kappa shape index (κ2) is 9.72. The van der Waals surface area contributed by atoms with E-state index in [0.717, 1.165) is 45.1 Å². The van der Waals surface area contributed by atoms with Crippen molar-refractivity contribution in [3.8, 4) is 0 Å². The fourth-order valence-electron chi connectivity index (χ4n) is 4.78. The molecule has 2 amide bonds. The minimum Gasteiger partial charge on any atom is -0.348 e. The van der Waals surface area contributed by atoms with Gasteiger partial charge in [0.15, 0.2) is 6.29 Å². The highest BCUT2D eigenvalue weighted by Crippen LogP contribution is 2.28. The predicted octanol–water partition coefficient (Wildman–Crippen LogP) is 2.61. The topological polar surface area (TPSA) is 59.1 Å². The number of rotatable bonds is 5. The quantitative estimate of drug-likeness (QED) is 0.762. The highest BCUT2D eigenvalue weighted by Gasteiger charge is 2.39. The third-order valence-corrected chi connectivity index (χ3v) is 6.46. The first kappa shape index (κ1) is 20.4. The first-order valence-corrected chi connectivity index (χ1v) is 11.1. The highest BCUT2D eigenvalue weighted by atomic mass is 16.7. The summed E-state index contributed by atoms with van der Waals surface area (Å²) in [6.07, 6.45) is 5.67. The fourth-order valence-corrected chi connectivity index (χ4v) is 4.78. The van der Waals surface area contributed by atoms with Crippen LogP contribution in [0.1, 0.15) is 44.1 Å². The van der Waals surface area contributed by atoms with Crippen LogP contribution < -0.4 is 0 Å². The maximum absolute atomic E-state index is 13.2. The van der Waals surface area contributed by atoms with E-state index in [1.54, 1.807) is 0 Å². The van der Waals surface area contributed by atoms with Crippen LogP contribution in [0.25, 0.3) is 0 Å². The summed E-state index contributed by atoms with van der Waals surface area (Å²) in [5.74, 6) is 0.434.